The predicted molar refractivity (Wildman–Crippen MR) is 138 cm³/mol. The van der Waals surface area contributed by atoms with Gasteiger partial charge in [0, 0.05) is 0 Å². The summed E-state index contributed by atoms with van der Waals surface area (Å²) in [6.07, 6.45) is 1.46. The SMILES string of the molecule is CCOc1cc(/C=N/NC(=O)CSc2nc3ccc(C)cc3c(=O)n2-c2ccccc2)ccc1O. The first-order chi connectivity index (χ1) is 17.0. The Bertz CT molecular complexity index is 1450. The van der Waals surface area contributed by atoms with Gasteiger partial charge in [-0.25, -0.2) is 10.4 Å². The number of hydrogen-bond donors (Lipinski definition) is 2. The summed E-state index contributed by atoms with van der Waals surface area (Å²) in [5, 5.41) is 14.7. The number of hydrazone groups is 1. The van der Waals surface area contributed by atoms with Gasteiger partial charge in [0.1, 0.15) is 0 Å². The number of phenols is 1. The lowest BCUT2D eigenvalue weighted by Crippen LogP contribution is -2.24. The van der Waals surface area contributed by atoms with E-state index in [1.165, 1.54) is 16.8 Å². The van der Waals surface area contributed by atoms with Gasteiger partial charge in [-0.1, -0.05) is 41.6 Å². The molecule has 3 aromatic carbocycles. The standard InChI is InChI=1S/C26H24N4O4S/c1-3-34-23-14-18(10-12-22(23)31)15-27-29-24(32)16-35-26-28-21-11-9-17(2)13-20(21)25(33)30(26)19-7-5-4-6-8-19/h4-15,31H,3,16H2,1-2H3,(H,29,32)/b27-15+. The molecule has 1 aromatic heterocycles. The maximum atomic E-state index is 13.3. The van der Waals surface area contributed by atoms with Gasteiger partial charge < -0.3 is 9.84 Å². The van der Waals surface area contributed by atoms with Gasteiger partial charge in [-0.2, -0.15) is 5.10 Å². The number of hydrogen-bond acceptors (Lipinski definition) is 7. The number of carbonyl (C=O) groups excluding carboxylic acids is 1. The maximum absolute atomic E-state index is 13.3. The summed E-state index contributed by atoms with van der Waals surface area (Å²) in [6, 6.07) is 19.5. The molecule has 0 aliphatic heterocycles. The lowest BCUT2D eigenvalue weighted by molar-refractivity contribution is -0.118. The van der Waals surface area contributed by atoms with Crippen LogP contribution in [0.3, 0.4) is 0 Å². The number of para-hydroxylation sites is 1. The number of ether oxygens (including phenoxy) is 1. The first kappa shape index (κ1) is 24.0. The molecule has 0 aliphatic carbocycles. The van der Waals surface area contributed by atoms with Crippen molar-refractivity contribution >= 4 is 34.8 Å². The highest BCUT2D eigenvalue weighted by Gasteiger charge is 2.15. The van der Waals surface area contributed by atoms with E-state index in [1.807, 2.05) is 62.4 Å². The first-order valence-corrected chi connectivity index (χ1v) is 11.9. The lowest BCUT2D eigenvalue weighted by atomic mass is 10.1. The minimum atomic E-state index is -0.354. The molecule has 0 spiro atoms. The van der Waals surface area contributed by atoms with Crippen LogP contribution < -0.4 is 15.7 Å². The average molecular weight is 489 g/mol. The maximum Gasteiger partial charge on any atom is 0.266 e. The molecule has 0 radical (unpaired) electrons. The van der Waals surface area contributed by atoms with Crippen LogP contribution in [0.1, 0.15) is 18.1 Å². The van der Waals surface area contributed by atoms with Gasteiger partial charge in [0.2, 0.25) is 0 Å². The van der Waals surface area contributed by atoms with Crippen molar-refractivity contribution in [3.8, 4) is 17.2 Å². The number of carbonyl (C=O) groups is 1. The number of thioether (sulfide) groups is 1. The number of rotatable bonds is 8. The monoisotopic (exact) mass is 488 g/mol. The molecule has 8 nitrogen and oxygen atoms in total. The summed E-state index contributed by atoms with van der Waals surface area (Å²) in [7, 11) is 0. The van der Waals surface area contributed by atoms with E-state index in [0.29, 0.717) is 39.7 Å². The van der Waals surface area contributed by atoms with Crippen molar-refractivity contribution < 1.29 is 14.6 Å². The molecule has 0 atom stereocenters. The fourth-order valence-corrected chi connectivity index (χ4v) is 4.21. The van der Waals surface area contributed by atoms with E-state index in [4.69, 9.17) is 4.74 Å². The van der Waals surface area contributed by atoms with Gasteiger partial charge in [0.15, 0.2) is 16.7 Å². The molecule has 4 rings (SSSR count). The summed E-state index contributed by atoms with van der Waals surface area (Å²) in [6.45, 7) is 4.16. The van der Waals surface area contributed by atoms with Crippen LogP contribution in [0.25, 0.3) is 16.6 Å². The van der Waals surface area contributed by atoms with E-state index >= 15 is 0 Å². The molecule has 178 valence electrons. The largest absolute Gasteiger partial charge is 0.504 e. The van der Waals surface area contributed by atoms with Crippen LogP contribution in [-0.2, 0) is 4.79 Å². The van der Waals surface area contributed by atoms with Crippen LogP contribution in [-0.4, -0.2) is 39.1 Å². The molecule has 2 N–H and O–H groups in total. The lowest BCUT2D eigenvalue weighted by Gasteiger charge is -2.13. The van der Waals surface area contributed by atoms with Crippen molar-refractivity contribution in [2.24, 2.45) is 5.10 Å². The minimum absolute atomic E-state index is 0.00769. The number of nitrogens with zero attached hydrogens (tertiary/aromatic N) is 3. The van der Waals surface area contributed by atoms with Crippen LogP contribution in [0.4, 0.5) is 0 Å². The van der Waals surface area contributed by atoms with Crippen LogP contribution in [0.5, 0.6) is 11.5 Å². The van der Waals surface area contributed by atoms with E-state index < -0.39 is 0 Å². The van der Waals surface area contributed by atoms with Crippen molar-refractivity contribution in [2.45, 2.75) is 19.0 Å². The van der Waals surface area contributed by atoms with Crippen molar-refractivity contribution in [3.63, 3.8) is 0 Å². The summed E-state index contributed by atoms with van der Waals surface area (Å²) in [4.78, 5) is 30.4. The summed E-state index contributed by atoms with van der Waals surface area (Å²) in [5.74, 6) is 0.0305. The Labute approximate surface area is 206 Å². The van der Waals surface area contributed by atoms with Crippen LogP contribution in [0.15, 0.2) is 81.8 Å². The van der Waals surface area contributed by atoms with Crippen LogP contribution in [0.2, 0.25) is 0 Å². The van der Waals surface area contributed by atoms with Gasteiger partial charge in [-0.05, 0) is 61.9 Å². The smallest absolute Gasteiger partial charge is 0.266 e. The Morgan fingerprint density at radius 2 is 1.97 bits per heavy atom. The number of amides is 1. The Morgan fingerprint density at radius 3 is 2.74 bits per heavy atom. The number of aryl methyl sites for hydroxylation is 1. The Balaban J connectivity index is 1.52. The highest BCUT2D eigenvalue weighted by Crippen LogP contribution is 2.26. The number of nitrogens with one attached hydrogen (secondary N) is 1. The molecule has 1 heterocycles. The second kappa shape index (κ2) is 10.9. The molecule has 0 saturated carbocycles. The molecule has 1 amide bonds. The fourth-order valence-electron chi connectivity index (χ4n) is 3.40. The molecule has 0 saturated heterocycles. The zero-order valence-electron chi connectivity index (χ0n) is 19.3. The minimum Gasteiger partial charge on any atom is -0.504 e. The van der Waals surface area contributed by atoms with Gasteiger partial charge in [0.25, 0.3) is 11.5 Å². The normalized spacial score (nSPS) is 11.1. The third-order valence-electron chi connectivity index (χ3n) is 5.03. The van der Waals surface area contributed by atoms with Crippen molar-refractivity contribution in [2.75, 3.05) is 12.4 Å². The number of phenolic OH excluding ortho intramolecular Hbond substituents is 1. The van der Waals surface area contributed by atoms with Crippen molar-refractivity contribution in [1.82, 2.24) is 15.0 Å². The zero-order chi connectivity index (χ0) is 24.8. The topological polar surface area (TPSA) is 106 Å². The fraction of sp³-hybridized carbons (Fsp3) is 0.154. The summed E-state index contributed by atoms with van der Waals surface area (Å²) >= 11 is 1.15. The van der Waals surface area contributed by atoms with Gasteiger partial charge in [0.05, 0.1) is 35.2 Å². The van der Waals surface area contributed by atoms with Crippen molar-refractivity contribution in [3.05, 3.63) is 88.2 Å². The first-order valence-electron chi connectivity index (χ1n) is 11.0. The molecule has 4 aromatic rings. The van der Waals surface area contributed by atoms with Gasteiger partial charge >= 0.3 is 0 Å². The highest BCUT2D eigenvalue weighted by molar-refractivity contribution is 7.99. The third kappa shape index (κ3) is 5.70. The van der Waals surface area contributed by atoms with E-state index in [2.05, 4.69) is 15.5 Å². The second-order valence-electron chi connectivity index (χ2n) is 7.63. The van der Waals surface area contributed by atoms with Crippen LogP contribution >= 0.6 is 11.8 Å². The molecule has 0 bridgehead atoms. The van der Waals surface area contributed by atoms with Gasteiger partial charge in [-0.15, -0.1) is 0 Å². The third-order valence-corrected chi connectivity index (χ3v) is 5.96. The number of aromatic nitrogens is 2. The second-order valence-corrected chi connectivity index (χ2v) is 8.58. The molecule has 0 fully saturated rings. The Hall–Kier alpha value is -4.11. The average Bonchev–Trinajstić information content (AvgIpc) is 2.86. The summed E-state index contributed by atoms with van der Waals surface area (Å²) < 4.78 is 6.87. The molecule has 35 heavy (non-hydrogen) atoms. The molecule has 0 unspecified atom stereocenters. The van der Waals surface area contributed by atoms with E-state index in [9.17, 15) is 14.7 Å². The molecular weight excluding hydrogens is 464 g/mol. The Kier molecular flexibility index (Phi) is 7.47. The summed E-state index contributed by atoms with van der Waals surface area (Å²) in [5.41, 5.74) is 5.16. The Morgan fingerprint density at radius 1 is 1.17 bits per heavy atom. The number of fused-ring (bicyclic) bond motifs is 1. The number of benzene rings is 3. The van der Waals surface area contributed by atoms with Crippen molar-refractivity contribution in [1.29, 1.82) is 0 Å². The molecular formula is C26H24N4O4S. The van der Waals surface area contributed by atoms with Crippen LogP contribution in [0, 0.1) is 6.92 Å². The van der Waals surface area contributed by atoms with E-state index in [1.54, 1.807) is 12.1 Å². The molecule has 9 heteroatoms. The zero-order valence-corrected chi connectivity index (χ0v) is 20.1. The highest BCUT2D eigenvalue weighted by atomic mass is 32.2. The van der Waals surface area contributed by atoms with E-state index in [0.717, 1.165) is 17.3 Å². The van der Waals surface area contributed by atoms with E-state index in [-0.39, 0.29) is 23.0 Å². The van der Waals surface area contributed by atoms with Gasteiger partial charge in [-0.3, -0.25) is 14.2 Å². The molecule has 0 aliphatic rings. The quantitative estimate of drug-likeness (QED) is 0.168. The number of aromatic hydroxyl groups is 1. The predicted octanol–water partition coefficient (Wildman–Crippen LogP) is 4.04.